The number of imidazole rings is 1. The molecule has 4 N–H and O–H groups in total. The number of methoxy groups -OCH3 is 1. The molecule has 1 fully saturated rings. The van der Waals surface area contributed by atoms with Crippen molar-refractivity contribution in [1.82, 2.24) is 9.97 Å². The molecular formula is C22H24FN5O3S. The SMILES string of the molecule is COC(=O)c1ccc(-c2cnc(C(=O)Nc3cccc(F)c3N3CCC(CN)CC3)[nH]2)s1. The van der Waals surface area contributed by atoms with Gasteiger partial charge in [0.05, 0.1) is 35.3 Å². The Morgan fingerprint density at radius 3 is 2.81 bits per heavy atom. The van der Waals surface area contributed by atoms with Crippen molar-refractivity contribution in [2.75, 3.05) is 37.0 Å². The normalized spacial score (nSPS) is 14.4. The average molecular weight is 458 g/mol. The van der Waals surface area contributed by atoms with Gasteiger partial charge < -0.3 is 25.7 Å². The number of aromatic nitrogens is 2. The molecule has 4 rings (SSSR count). The number of piperidine rings is 1. The predicted octanol–water partition coefficient (Wildman–Crippen LogP) is 3.49. The Morgan fingerprint density at radius 2 is 2.09 bits per heavy atom. The minimum atomic E-state index is -0.482. The zero-order valence-corrected chi connectivity index (χ0v) is 18.4. The molecule has 1 saturated heterocycles. The molecular weight excluding hydrogens is 433 g/mol. The van der Waals surface area contributed by atoms with Crippen molar-refractivity contribution in [3.63, 3.8) is 0 Å². The van der Waals surface area contributed by atoms with E-state index in [2.05, 4.69) is 15.3 Å². The van der Waals surface area contributed by atoms with E-state index in [1.165, 1.54) is 30.7 Å². The molecule has 0 spiro atoms. The quantitative estimate of drug-likeness (QED) is 0.489. The van der Waals surface area contributed by atoms with Crippen LogP contribution in [0.3, 0.4) is 0 Å². The Labute approximate surface area is 188 Å². The predicted molar refractivity (Wildman–Crippen MR) is 122 cm³/mol. The van der Waals surface area contributed by atoms with E-state index in [0.717, 1.165) is 17.7 Å². The van der Waals surface area contributed by atoms with E-state index in [-0.39, 0.29) is 11.6 Å². The van der Waals surface area contributed by atoms with Crippen LogP contribution in [0.4, 0.5) is 15.8 Å². The summed E-state index contributed by atoms with van der Waals surface area (Å²) < 4.78 is 19.4. The van der Waals surface area contributed by atoms with Gasteiger partial charge in [0, 0.05) is 13.1 Å². The number of halogens is 1. The van der Waals surface area contributed by atoms with Crippen molar-refractivity contribution in [3.05, 3.63) is 53.0 Å². The smallest absolute Gasteiger partial charge is 0.348 e. The Morgan fingerprint density at radius 1 is 1.31 bits per heavy atom. The number of H-pyrrole nitrogens is 1. The minimum absolute atomic E-state index is 0.0880. The van der Waals surface area contributed by atoms with Crippen LogP contribution in [0.5, 0.6) is 0 Å². The van der Waals surface area contributed by atoms with Crippen molar-refractivity contribution in [1.29, 1.82) is 0 Å². The summed E-state index contributed by atoms with van der Waals surface area (Å²) >= 11 is 1.23. The molecule has 1 aliphatic rings. The molecule has 2 aromatic heterocycles. The number of benzene rings is 1. The minimum Gasteiger partial charge on any atom is -0.465 e. The molecule has 0 atom stereocenters. The molecule has 168 valence electrons. The zero-order chi connectivity index (χ0) is 22.7. The number of rotatable bonds is 6. The van der Waals surface area contributed by atoms with Crippen LogP contribution in [-0.2, 0) is 4.74 Å². The second kappa shape index (κ2) is 9.49. The van der Waals surface area contributed by atoms with Gasteiger partial charge in [-0.3, -0.25) is 4.79 Å². The lowest BCUT2D eigenvalue weighted by Crippen LogP contribution is -2.37. The van der Waals surface area contributed by atoms with Crippen molar-refractivity contribution in [2.45, 2.75) is 12.8 Å². The summed E-state index contributed by atoms with van der Waals surface area (Å²) in [4.78, 5) is 34.7. The number of nitrogens with one attached hydrogen (secondary N) is 2. The first-order valence-electron chi connectivity index (χ1n) is 10.3. The Hall–Kier alpha value is -3.24. The maximum Gasteiger partial charge on any atom is 0.348 e. The van der Waals surface area contributed by atoms with Gasteiger partial charge in [-0.1, -0.05) is 6.07 Å². The van der Waals surface area contributed by atoms with Gasteiger partial charge in [-0.2, -0.15) is 0 Å². The summed E-state index contributed by atoms with van der Waals surface area (Å²) in [6.45, 7) is 1.98. The molecule has 3 aromatic rings. The van der Waals surface area contributed by atoms with Gasteiger partial charge in [-0.05, 0) is 49.6 Å². The zero-order valence-electron chi connectivity index (χ0n) is 17.6. The number of esters is 1. The number of hydrogen-bond acceptors (Lipinski definition) is 7. The van der Waals surface area contributed by atoms with Crippen molar-refractivity contribution in [3.8, 4) is 10.6 Å². The lowest BCUT2D eigenvalue weighted by atomic mass is 9.96. The van der Waals surface area contributed by atoms with Crippen LogP contribution in [-0.4, -0.2) is 48.6 Å². The third kappa shape index (κ3) is 4.51. The van der Waals surface area contributed by atoms with E-state index >= 15 is 0 Å². The lowest BCUT2D eigenvalue weighted by Gasteiger charge is -2.34. The number of carbonyl (C=O) groups is 2. The van der Waals surface area contributed by atoms with Gasteiger partial charge in [0.25, 0.3) is 5.91 Å². The van der Waals surface area contributed by atoms with Gasteiger partial charge >= 0.3 is 5.97 Å². The molecule has 32 heavy (non-hydrogen) atoms. The topological polar surface area (TPSA) is 113 Å². The number of ether oxygens (including phenoxy) is 1. The summed E-state index contributed by atoms with van der Waals surface area (Å²) in [7, 11) is 1.32. The number of carbonyl (C=O) groups excluding carboxylic acids is 2. The molecule has 3 heterocycles. The summed E-state index contributed by atoms with van der Waals surface area (Å²) in [5.74, 6) is -0.764. The van der Waals surface area contributed by atoms with Crippen molar-refractivity contribution >= 4 is 34.6 Å². The van der Waals surface area contributed by atoms with Crippen LogP contribution in [0, 0.1) is 11.7 Å². The number of nitrogens with zero attached hydrogens (tertiary/aromatic N) is 2. The standard InChI is InChI=1S/C22H24FN5O3S/c1-31-22(30)18-6-5-17(32-18)16-12-25-20(26-16)21(29)27-15-4-2-3-14(23)19(15)28-9-7-13(11-24)8-10-28/h2-6,12-13H,7-11,24H2,1H3,(H,25,26)(H,27,29). The molecule has 0 saturated carbocycles. The van der Waals surface area contributed by atoms with E-state index in [9.17, 15) is 14.0 Å². The highest BCUT2D eigenvalue weighted by Gasteiger charge is 2.24. The fraction of sp³-hybridized carbons (Fsp3) is 0.318. The van der Waals surface area contributed by atoms with Crippen molar-refractivity contribution in [2.24, 2.45) is 11.7 Å². The van der Waals surface area contributed by atoms with Gasteiger partial charge in [-0.15, -0.1) is 11.3 Å². The highest BCUT2D eigenvalue weighted by atomic mass is 32.1. The maximum atomic E-state index is 14.7. The Kier molecular flexibility index (Phi) is 6.52. The second-order valence-corrected chi connectivity index (χ2v) is 8.64. The largest absolute Gasteiger partial charge is 0.465 e. The van der Waals surface area contributed by atoms with Gasteiger partial charge in [0.15, 0.2) is 5.82 Å². The number of hydrogen-bond donors (Lipinski definition) is 3. The van der Waals surface area contributed by atoms with Crippen LogP contribution < -0.4 is 16.0 Å². The number of thiophene rings is 1. The van der Waals surface area contributed by atoms with Gasteiger partial charge in [0.2, 0.25) is 0 Å². The summed E-state index contributed by atoms with van der Waals surface area (Å²) in [5.41, 5.74) is 7.13. The van der Waals surface area contributed by atoms with Crippen LogP contribution in [0.1, 0.15) is 33.1 Å². The van der Waals surface area contributed by atoms with Crippen LogP contribution in [0.25, 0.3) is 10.6 Å². The van der Waals surface area contributed by atoms with Crippen LogP contribution in [0.15, 0.2) is 36.5 Å². The Bertz CT molecular complexity index is 1120. The average Bonchev–Trinajstić information content (AvgIpc) is 3.49. The van der Waals surface area contributed by atoms with Gasteiger partial charge in [0.1, 0.15) is 10.7 Å². The number of para-hydroxylation sites is 1. The van der Waals surface area contributed by atoms with Gasteiger partial charge in [-0.25, -0.2) is 14.2 Å². The maximum absolute atomic E-state index is 14.7. The summed E-state index contributed by atoms with van der Waals surface area (Å²) in [6, 6.07) is 8.04. The third-order valence-corrected chi connectivity index (χ3v) is 6.65. The van der Waals surface area contributed by atoms with E-state index in [1.54, 1.807) is 24.3 Å². The number of nitrogens with two attached hydrogens (primary N) is 1. The van der Waals surface area contributed by atoms with E-state index in [4.69, 9.17) is 10.5 Å². The fourth-order valence-electron chi connectivity index (χ4n) is 3.77. The summed E-state index contributed by atoms with van der Waals surface area (Å²) in [5, 5.41) is 2.78. The second-order valence-electron chi connectivity index (χ2n) is 7.56. The highest BCUT2D eigenvalue weighted by Crippen LogP contribution is 2.33. The van der Waals surface area contributed by atoms with E-state index < -0.39 is 11.9 Å². The summed E-state index contributed by atoms with van der Waals surface area (Å²) in [6.07, 6.45) is 3.29. The first kappa shape index (κ1) is 22.0. The van der Waals surface area contributed by atoms with E-state index in [0.29, 0.717) is 47.5 Å². The molecule has 8 nitrogen and oxygen atoms in total. The number of aromatic amines is 1. The first-order chi connectivity index (χ1) is 15.5. The molecule has 1 aliphatic heterocycles. The third-order valence-electron chi connectivity index (χ3n) is 5.55. The number of amides is 1. The molecule has 0 bridgehead atoms. The lowest BCUT2D eigenvalue weighted by molar-refractivity contribution is 0.0606. The molecule has 1 aromatic carbocycles. The molecule has 0 unspecified atom stereocenters. The van der Waals surface area contributed by atoms with Crippen molar-refractivity contribution < 1.29 is 18.7 Å². The molecule has 1 amide bonds. The monoisotopic (exact) mass is 457 g/mol. The van der Waals surface area contributed by atoms with Crippen LogP contribution in [0.2, 0.25) is 0 Å². The Balaban J connectivity index is 1.51. The van der Waals surface area contributed by atoms with Crippen LogP contribution >= 0.6 is 11.3 Å². The molecule has 0 aliphatic carbocycles. The highest BCUT2D eigenvalue weighted by molar-refractivity contribution is 7.17. The molecule has 0 radical (unpaired) electrons. The number of anilines is 2. The molecule has 10 heteroatoms. The first-order valence-corrected chi connectivity index (χ1v) is 11.1. The van der Waals surface area contributed by atoms with E-state index in [1.807, 2.05) is 4.90 Å². The fourth-order valence-corrected chi connectivity index (χ4v) is 4.66.